The summed E-state index contributed by atoms with van der Waals surface area (Å²) in [7, 11) is 0. The number of nitrogens with one attached hydrogen (secondary N) is 3. The zero-order chi connectivity index (χ0) is 21.3. The number of amides is 1. The van der Waals surface area contributed by atoms with Crippen molar-refractivity contribution >= 4 is 23.0 Å². The highest BCUT2D eigenvalue weighted by Gasteiger charge is 2.43. The van der Waals surface area contributed by atoms with Gasteiger partial charge in [-0.2, -0.15) is 0 Å². The van der Waals surface area contributed by atoms with Gasteiger partial charge in [0.25, 0.3) is 5.56 Å². The molecule has 0 aromatic carbocycles. The fourth-order valence-corrected chi connectivity index (χ4v) is 3.05. The highest BCUT2D eigenvalue weighted by Crippen LogP contribution is 2.30. The molecule has 0 radical (unpaired) electrons. The average molecular weight is 413 g/mol. The zero-order valence-electron chi connectivity index (χ0n) is 14.8. The highest BCUT2D eigenvalue weighted by atomic mass is 16.6. The van der Waals surface area contributed by atoms with Crippen LogP contribution in [0.1, 0.15) is 19.1 Å². The predicted octanol–water partition coefficient (Wildman–Crippen LogP) is -3.63. The molecule has 1 amide bonds. The van der Waals surface area contributed by atoms with Crippen molar-refractivity contribution in [1.29, 1.82) is 0 Å². The van der Waals surface area contributed by atoms with Gasteiger partial charge in [0, 0.05) is 6.42 Å². The Hall–Kier alpha value is -3.07. The second kappa shape index (κ2) is 8.12. The molecule has 7 N–H and O–H groups in total. The first-order valence-electron chi connectivity index (χ1n) is 8.56. The van der Waals surface area contributed by atoms with Gasteiger partial charge in [-0.05, 0) is 6.42 Å². The van der Waals surface area contributed by atoms with Gasteiger partial charge < -0.3 is 30.5 Å². The van der Waals surface area contributed by atoms with Crippen molar-refractivity contribution in [3.8, 4) is 0 Å². The van der Waals surface area contributed by atoms with E-state index in [2.05, 4.69) is 15.3 Å². The monoisotopic (exact) mass is 413 g/mol. The molecule has 29 heavy (non-hydrogen) atoms. The lowest BCUT2D eigenvalue weighted by molar-refractivity contribution is -0.140. The Morgan fingerprint density at radius 1 is 1.24 bits per heavy atom. The summed E-state index contributed by atoms with van der Waals surface area (Å²) in [5, 5.41) is 39.3. The molecular formula is C15H19N5O9. The number of aromatic amines is 2. The summed E-state index contributed by atoms with van der Waals surface area (Å²) in [5.41, 5.74) is -1.36. The Kier molecular flexibility index (Phi) is 5.78. The molecule has 0 aliphatic carbocycles. The molecule has 2 aromatic rings. The molecule has 2 saturated heterocycles. The van der Waals surface area contributed by atoms with Gasteiger partial charge in [-0.3, -0.25) is 24.1 Å². The number of carbonyl (C=O) groups excluding carboxylic acids is 1. The first-order valence-corrected chi connectivity index (χ1v) is 8.56. The predicted molar refractivity (Wildman–Crippen MR) is 92.8 cm³/mol. The summed E-state index contributed by atoms with van der Waals surface area (Å²) in [4.78, 5) is 51.6. The number of nitrogens with zero attached hydrogens (tertiary/aromatic N) is 2. The quantitative estimate of drug-likeness (QED) is 0.262. The van der Waals surface area contributed by atoms with Crippen molar-refractivity contribution in [1.82, 2.24) is 24.8 Å². The summed E-state index contributed by atoms with van der Waals surface area (Å²) < 4.78 is 6.54. The molecule has 4 heterocycles. The molecule has 2 aliphatic heterocycles. The molecule has 0 unspecified atom stereocenters. The van der Waals surface area contributed by atoms with E-state index in [1.165, 1.54) is 10.9 Å². The Balaban J connectivity index is 0.000000224. The standard InChI is InChI=1S/C10H12N4O6.C5H7NO3/c15-1-3-5(16)6(17)9(20-3)14-2-11-4-7(14)12-10(19)13-8(4)18;7-4-2-1-3(6-4)5(8)9/h2-3,5-6,9,15-17H,1H2,(H2,12,13,18,19);3H,1-2H2,(H,6,7)(H,8,9)/t3-,5-,6-,9-;3-/m10/s1. The number of carboxylic acid groups (broad SMARTS) is 1. The number of hydrogen-bond donors (Lipinski definition) is 7. The molecule has 14 nitrogen and oxygen atoms in total. The van der Waals surface area contributed by atoms with E-state index in [0.29, 0.717) is 12.8 Å². The maximum absolute atomic E-state index is 11.6. The van der Waals surface area contributed by atoms with E-state index in [-0.39, 0.29) is 17.1 Å². The third kappa shape index (κ3) is 4.04. The largest absolute Gasteiger partial charge is 0.480 e. The number of aliphatic hydroxyl groups excluding tert-OH is 3. The summed E-state index contributed by atoms with van der Waals surface area (Å²) in [5.74, 6) is -1.11. The lowest BCUT2D eigenvalue weighted by Crippen LogP contribution is -2.33. The maximum atomic E-state index is 11.6. The van der Waals surface area contributed by atoms with E-state index in [1.807, 2.05) is 4.98 Å². The van der Waals surface area contributed by atoms with Gasteiger partial charge in [-0.1, -0.05) is 0 Å². The Bertz CT molecular complexity index is 1030. The summed E-state index contributed by atoms with van der Waals surface area (Å²) in [6.45, 7) is -0.474. The van der Waals surface area contributed by atoms with Crippen LogP contribution >= 0.6 is 0 Å². The van der Waals surface area contributed by atoms with E-state index >= 15 is 0 Å². The normalized spacial score (nSPS) is 28.8. The van der Waals surface area contributed by atoms with Gasteiger partial charge >= 0.3 is 11.7 Å². The zero-order valence-corrected chi connectivity index (χ0v) is 14.8. The van der Waals surface area contributed by atoms with Gasteiger partial charge in [-0.25, -0.2) is 14.6 Å². The first kappa shape index (κ1) is 20.7. The summed E-state index contributed by atoms with van der Waals surface area (Å²) in [6.07, 6.45) is -2.66. The van der Waals surface area contributed by atoms with E-state index in [1.54, 1.807) is 0 Å². The number of aromatic nitrogens is 4. The van der Waals surface area contributed by atoms with E-state index in [9.17, 15) is 29.4 Å². The van der Waals surface area contributed by atoms with E-state index in [4.69, 9.17) is 14.9 Å². The second-order valence-corrected chi connectivity index (χ2v) is 6.48. The number of fused-ring (bicyclic) bond motifs is 1. The summed E-state index contributed by atoms with van der Waals surface area (Å²) in [6, 6.07) is -0.641. The number of rotatable bonds is 3. The molecule has 2 fully saturated rings. The second-order valence-electron chi connectivity index (χ2n) is 6.48. The van der Waals surface area contributed by atoms with Crippen molar-refractivity contribution in [2.24, 2.45) is 0 Å². The number of ether oxygens (including phenoxy) is 1. The third-order valence-electron chi connectivity index (χ3n) is 4.55. The smallest absolute Gasteiger partial charge is 0.327 e. The fraction of sp³-hybridized carbons (Fsp3) is 0.533. The minimum atomic E-state index is -1.33. The Labute approximate surface area is 160 Å². The van der Waals surface area contributed by atoms with Crippen molar-refractivity contribution in [3.05, 3.63) is 27.2 Å². The number of carbonyl (C=O) groups is 2. The van der Waals surface area contributed by atoms with Gasteiger partial charge in [-0.15, -0.1) is 0 Å². The Morgan fingerprint density at radius 2 is 1.97 bits per heavy atom. The first-order chi connectivity index (χ1) is 13.7. The summed E-state index contributed by atoms with van der Waals surface area (Å²) >= 11 is 0. The van der Waals surface area contributed by atoms with Crippen molar-refractivity contribution in [2.75, 3.05) is 6.61 Å². The Morgan fingerprint density at radius 3 is 2.48 bits per heavy atom. The number of imidazole rings is 1. The molecule has 4 rings (SSSR count). The van der Waals surface area contributed by atoms with Crippen LogP contribution in [0.2, 0.25) is 0 Å². The van der Waals surface area contributed by atoms with Gasteiger partial charge in [0.05, 0.1) is 12.9 Å². The van der Waals surface area contributed by atoms with Crippen LogP contribution in [0.4, 0.5) is 0 Å². The molecule has 0 spiro atoms. The fourth-order valence-electron chi connectivity index (χ4n) is 3.05. The van der Waals surface area contributed by atoms with Crippen LogP contribution in [-0.2, 0) is 14.3 Å². The number of aliphatic carboxylic acids is 1. The molecule has 0 saturated carbocycles. The topological polar surface area (TPSA) is 220 Å². The lowest BCUT2D eigenvalue weighted by atomic mass is 10.1. The molecule has 14 heteroatoms. The number of aliphatic hydroxyl groups is 3. The molecule has 0 bridgehead atoms. The van der Waals surface area contributed by atoms with Crippen LogP contribution < -0.4 is 16.6 Å². The third-order valence-corrected chi connectivity index (χ3v) is 4.55. The average Bonchev–Trinajstić information content (AvgIpc) is 3.35. The molecule has 158 valence electrons. The number of carboxylic acids is 1. The van der Waals surface area contributed by atoms with Crippen molar-refractivity contribution in [3.63, 3.8) is 0 Å². The molecule has 2 aromatic heterocycles. The number of H-pyrrole nitrogens is 2. The molecule has 2 aliphatic rings. The van der Waals surface area contributed by atoms with Crippen molar-refractivity contribution in [2.45, 2.75) is 43.4 Å². The highest BCUT2D eigenvalue weighted by molar-refractivity contribution is 5.87. The minimum Gasteiger partial charge on any atom is -0.480 e. The van der Waals surface area contributed by atoms with Crippen molar-refractivity contribution < 1.29 is 34.8 Å². The van der Waals surface area contributed by atoms with Crippen LogP contribution in [0.5, 0.6) is 0 Å². The van der Waals surface area contributed by atoms with Gasteiger partial charge in [0.1, 0.15) is 30.0 Å². The van der Waals surface area contributed by atoms with Crippen LogP contribution in [0, 0.1) is 0 Å². The maximum Gasteiger partial charge on any atom is 0.327 e. The van der Waals surface area contributed by atoms with Crippen LogP contribution in [0.25, 0.3) is 11.2 Å². The molecular weight excluding hydrogens is 394 g/mol. The molecule has 5 atom stereocenters. The van der Waals surface area contributed by atoms with Crippen LogP contribution in [-0.4, -0.2) is 82.8 Å². The number of hydrogen-bond acceptors (Lipinski definition) is 9. The lowest BCUT2D eigenvalue weighted by Gasteiger charge is -2.16. The van der Waals surface area contributed by atoms with E-state index in [0.717, 1.165) is 0 Å². The minimum absolute atomic E-state index is 0.0256. The van der Waals surface area contributed by atoms with Gasteiger partial charge in [0.2, 0.25) is 5.91 Å². The van der Waals surface area contributed by atoms with Crippen LogP contribution in [0.3, 0.4) is 0 Å². The van der Waals surface area contributed by atoms with Gasteiger partial charge in [0.15, 0.2) is 11.7 Å². The SMILES string of the molecule is O=C1CC[C@@H](C(=O)O)N1.O=c1[nH]c(=O)c2ncn([C@@H]3O[C@H](CO)[C@@H](O)[C@H]3O)c2[nH]1. The van der Waals surface area contributed by atoms with E-state index < -0.39 is 54.4 Å². The van der Waals surface area contributed by atoms with Crippen LogP contribution in [0.15, 0.2) is 15.9 Å².